The van der Waals surface area contributed by atoms with Gasteiger partial charge in [0.2, 0.25) is 0 Å². The Morgan fingerprint density at radius 1 is 1.04 bits per heavy atom. The number of rotatable bonds is 2. The van der Waals surface area contributed by atoms with Gasteiger partial charge < -0.3 is 10.8 Å². The number of aromatic hydroxyl groups is 1. The van der Waals surface area contributed by atoms with Gasteiger partial charge in [-0.25, -0.2) is 4.99 Å². The molecule has 1 heterocycles. The minimum Gasteiger partial charge on any atom is -0.507 e. The number of phenols is 1. The molecule has 2 aromatic rings. The van der Waals surface area contributed by atoms with Crippen LogP contribution in [0.4, 0.5) is 5.69 Å². The van der Waals surface area contributed by atoms with Gasteiger partial charge in [-0.15, -0.1) is 23.7 Å². The highest BCUT2D eigenvalue weighted by Crippen LogP contribution is 2.41. The lowest BCUT2D eigenvalue weighted by atomic mass is 9.79. The van der Waals surface area contributed by atoms with Crippen LogP contribution in [0.2, 0.25) is 0 Å². The van der Waals surface area contributed by atoms with Gasteiger partial charge in [0.15, 0.2) is 0 Å². The second kappa shape index (κ2) is 7.16. The smallest absolute Gasteiger partial charge is 0.141 e. The normalized spacial score (nSPS) is 12.8. The molecule has 0 bridgehead atoms. The van der Waals surface area contributed by atoms with E-state index in [9.17, 15) is 5.11 Å². The van der Waals surface area contributed by atoms with E-state index in [-0.39, 0.29) is 23.2 Å². The minimum atomic E-state index is -0.173. The Morgan fingerprint density at radius 3 is 1.92 bits per heavy atom. The zero-order chi connectivity index (χ0) is 17.4. The van der Waals surface area contributed by atoms with Gasteiger partial charge in [-0.1, -0.05) is 47.6 Å². The number of nitrogens with zero attached hydrogens (tertiary/aromatic N) is 1. The molecule has 0 aliphatic heterocycles. The maximum absolute atomic E-state index is 10.7. The molecule has 1 aromatic carbocycles. The van der Waals surface area contributed by atoms with E-state index in [2.05, 4.69) is 46.5 Å². The Labute approximate surface area is 155 Å². The number of aliphatic imine (C=N–C) groups is 1. The molecule has 0 saturated carbocycles. The molecule has 0 spiro atoms. The summed E-state index contributed by atoms with van der Waals surface area (Å²) >= 11 is 1.57. The van der Waals surface area contributed by atoms with Crippen LogP contribution in [0.3, 0.4) is 0 Å². The lowest BCUT2D eigenvalue weighted by Gasteiger charge is -2.27. The summed E-state index contributed by atoms with van der Waals surface area (Å²) in [4.78, 5) is 5.54. The average Bonchev–Trinajstić information content (AvgIpc) is 2.91. The maximum Gasteiger partial charge on any atom is 0.141 e. The second-order valence-electron chi connectivity index (χ2n) is 7.86. The van der Waals surface area contributed by atoms with Gasteiger partial charge in [0.05, 0.1) is 10.6 Å². The van der Waals surface area contributed by atoms with Crippen molar-refractivity contribution < 1.29 is 5.11 Å². The highest BCUT2D eigenvalue weighted by Gasteiger charge is 2.26. The number of hydrogen-bond donors (Lipinski definition) is 2. The summed E-state index contributed by atoms with van der Waals surface area (Å²) in [6, 6.07) is 7.79. The van der Waals surface area contributed by atoms with Crippen molar-refractivity contribution in [2.45, 2.75) is 52.4 Å². The van der Waals surface area contributed by atoms with Crippen LogP contribution < -0.4 is 5.73 Å². The van der Waals surface area contributed by atoms with Crippen LogP contribution in [-0.2, 0) is 10.8 Å². The predicted molar refractivity (Wildman–Crippen MR) is 107 cm³/mol. The molecule has 0 amide bonds. The Bertz CT molecular complexity index is 688. The highest BCUT2D eigenvalue weighted by atomic mass is 35.5. The summed E-state index contributed by atoms with van der Waals surface area (Å²) in [5, 5.41) is 12.7. The largest absolute Gasteiger partial charge is 0.507 e. The van der Waals surface area contributed by atoms with Crippen molar-refractivity contribution in [3.63, 3.8) is 0 Å². The van der Waals surface area contributed by atoms with Gasteiger partial charge in [-0.05, 0) is 34.4 Å². The summed E-state index contributed by atoms with van der Waals surface area (Å²) in [6.07, 6.45) is 0. The van der Waals surface area contributed by atoms with Crippen LogP contribution in [0.25, 0.3) is 0 Å². The Balaban J connectivity index is 0.00000288. The fourth-order valence-corrected chi connectivity index (χ4v) is 3.07. The monoisotopic (exact) mass is 366 g/mol. The summed E-state index contributed by atoms with van der Waals surface area (Å²) in [5.41, 5.74) is 8.34. The van der Waals surface area contributed by atoms with Gasteiger partial charge in [-0.2, -0.15) is 0 Å². The molecule has 2 rings (SSSR count). The Hall–Kier alpha value is -1.52. The lowest BCUT2D eigenvalue weighted by molar-refractivity contribution is 0.423. The van der Waals surface area contributed by atoms with Crippen LogP contribution >= 0.6 is 23.7 Å². The molecular weight excluding hydrogens is 340 g/mol. The van der Waals surface area contributed by atoms with E-state index in [0.29, 0.717) is 11.6 Å². The molecule has 0 radical (unpaired) electrons. The number of benzene rings is 1. The minimum absolute atomic E-state index is 0. The van der Waals surface area contributed by atoms with Crippen molar-refractivity contribution in [3.8, 4) is 5.75 Å². The molecule has 3 nitrogen and oxygen atoms in total. The molecule has 0 aliphatic carbocycles. The Kier molecular flexibility index (Phi) is 6.12. The molecule has 0 unspecified atom stereocenters. The van der Waals surface area contributed by atoms with Crippen LogP contribution in [0.5, 0.6) is 5.75 Å². The molecule has 1 aromatic heterocycles. The number of hydrogen-bond acceptors (Lipinski definition) is 3. The lowest BCUT2D eigenvalue weighted by Crippen LogP contribution is -2.17. The third-order valence-electron chi connectivity index (χ3n) is 3.73. The van der Waals surface area contributed by atoms with Crippen LogP contribution in [-0.4, -0.2) is 10.9 Å². The third-order valence-corrected chi connectivity index (χ3v) is 4.63. The SMILES string of the molecule is CC(C)(C)c1cc(N=C(N)c2cccs2)cc(C(C)(C)C)c1O.Cl. The highest BCUT2D eigenvalue weighted by molar-refractivity contribution is 7.12. The molecule has 24 heavy (non-hydrogen) atoms. The van der Waals surface area contributed by atoms with E-state index in [0.717, 1.165) is 21.7 Å². The molecule has 0 aliphatic rings. The number of thiophene rings is 1. The van der Waals surface area contributed by atoms with E-state index in [4.69, 9.17) is 5.73 Å². The van der Waals surface area contributed by atoms with Gasteiger partial charge in [-0.3, -0.25) is 0 Å². The van der Waals surface area contributed by atoms with Crippen molar-refractivity contribution in [2.24, 2.45) is 10.7 Å². The van der Waals surface area contributed by atoms with Crippen LogP contribution in [0.15, 0.2) is 34.6 Å². The first-order chi connectivity index (χ1) is 10.5. The summed E-state index contributed by atoms with van der Waals surface area (Å²) in [5.74, 6) is 0.865. The quantitative estimate of drug-likeness (QED) is 0.544. The van der Waals surface area contributed by atoms with Crippen molar-refractivity contribution in [1.82, 2.24) is 0 Å². The zero-order valence-corrected chi connectivity index (χ0v) is 16.8. The van der Waals surface area contributed by atoms with E-state index in [1.807, 2.05) is 29.6 Å². The number of amidine groups is 1. The average molecular weight is 367 g/mol. The fraction of sp³-hybridized carbons (Fsp3) is 0.421. The Morgan fingerprint density at radius 2 is 1.54 bits per heavy atom. The molecule has 3 N–H and O–H groups in total. The topological polar surface area (TPSA) is 58.6 Å². The molecule has 0 saturated heterocycles. The molecular formula is C19H27ClN2OS. The fourth-order valence-electron chi connectivity index (χ4n) is 2.45. The van der Waals surface area contributed by atoms with Gasteiger partial charge >= 0.3 is 0 Å². The number of nitrogens with two attached hydrogens (primary N) is 1. The zero-order valence-electron chi connectivity index (χ0n) is 15.2. The third kappa shape index (κ3) is 4.52. The summed E-state index contributed by atoms with van der Waals surface area (Å²) in [6.45, 7) is 12.5. The van der Waals surface area contributed by atoms with Crippen molar-refractivity contribution in [3.05, 3.63) is 45.6 Å². The first-order valence-corrected chi connectivity index (χ1v) is 8.64. The van der Waals surface area contributed by atoms with Gasteiger partial charge in [0, 0.05) is 11.1 Å². The molecule has 5 heteroatoms. The molecule has 0 atom stereocenters. The van der Waals surface area contributed by atoms with Crippen molar-refractivity contribution in [2.75, 3.05) is 0 Å². The van der Waals surface area contributed by atoms with Crippen LogP contribution in [0, 0.1) is 0 Å². The maximum atomic E-state index is 10.7. The van der Waals surface area contributed by atoms with E-state index in [1.54, 1.807) is 11.3 Å². The number of phenolic OH excluding ortho intramolecular Hbond substituents is 1. The standard InChI is InChI=1S/C19H26N2OS.ClH/c1-18(2,3)13-10-12(11-14(16(13)22)19(4,5)6)21-17(20)15-8-7-9-23-15;/h7-11,22H,1-6H3,(H2,20,21);1H. The van der Waals surface area contributed by atoms with E-state index < -0.39 is 0 Å². The van der Waals surface area contributed by atoms with Crippen LogP contribution in [0.1, 0.15) is 57.5 Å². The first kappa shape index (κ1) is 20.5. The predicted octanol–water partition coefficient (Wildman–Crippen LogP) is 5.51. The second-order valence-corrected chi connectivity index (χ2v) is 8.81. The first-order valence-electron chi connectivity index (χ1n) is 7.76. The van der Waals surface area contributed by atoms with Crippen molar-refractivity contribution in [1.29, 1.82) is 0 Å². The van der Waals surface area contributed by atoms with Crippen molar-refractivity contribution >= 4 is 35.3 Å². The molecule has 0 fully saturated rings. The summed E-state index contributed by atoms with van der Waals surface area (Å²) in [7, 11) is 0. The summed E-state index contributed by atoms with van der Waals surface area (Å²) < 4.78 is 0. The van der Waals surface area contributed by atoms with E-state index in [1.165, 1.54) is 0 Å². The van der Waals surface area contributed by atoms with Gasteiger partial charge in [0.25, 0.3) is 0 Å². The molecule has 132 valence electrons. The number of halogens is 1. The van der Waals surface area contributed by atoms with Gasteiger partial charge in [0.1, 0.15) is 11.6 Å². The van der Waals surface area contributed by atoms with E-state index >= 15 is 0 Å².